The Balaban J connectivity index is 1.27. The Hall–Kier alpha value is -2.98. The van der Waals surface area contributed by atoms with Crippen LogP contribution in [0.25, 0.3) is 20.6 Å². The number of nitrogens with zero attached hydrogens (tertiary/aromatic N) is 3. The second-order valence-corrected chi connectivity index (χ2v) is 9.56. The topological polar surface area (TPSA) is 100 Å². The number of aryl methyl sites for hydroxylation is 1. The highest BCUT2D eigenvalue weighted by atomic mass is 32.1. The standard InChI is InChI=1S/C21H21N5O3S2/c1-11-23-14-9-13(3-4-15(14)29-11)24-19(28)16-10-17-20(30-16)25-21(31-17)26-7-5-12(6-8-26)18(27)22-2/h3-4,9-10,12H,5-8H2,1-2H3,(H,22,27)(H,24,28). The number of carbonyl (C=O) groups excluding carboxylic acids is 2. The Morgan fingerprint density at radius 1 is 1.16 bits per heavy atom. The molecule has 1 aromatic carbocycles. The first kappa shape index (κ1) is 20.0. The van der Waals surface area contributed by atoms with Crippen molar-refractivity contribution in [1.29, 1.82) is 0 Å². The van der Waals surface area contributed by atoms with Crippen molar-refractivity contribution in [2.45, 2.75) is 19.8 Å². The molecule has 8 nitrogen and oxygen atoms in total. The molecule has 5 rings (SSSR count). The summed E-state index contributed by atoms with van der Waals surface area (Å²) in [5, 5.41) is 6.62. The van der Waals surface area contributed by atoms with E-state index >= 15 is 0 Å². The molecule has 2 N–H and O–H groups in total. The van der Waals surface area contributed by atoms with Crippen LogP contribution in [-0.2, 0) is 4.79 Å². The molecule has 0 aliphatic carbocycles. The zero-order valence-corrected chi connectivity index (χ0v) is 18.7. The molecule has 1 fully saturated rings. The number of fused-ring (bicyclic) bond motifs is 2. The van der Waals surface area contributed by atoms with Crippen molar-refractivity contribution in [3.8, 4) is 0 Å². The summed E-state index contributed by atoms with van der Waals surface area (Å²) in [6, 6.07) is 7.31. The summed E-state index contributed by atoms with van der Waals surface area (Å²) in [5.41, 5.74) is 2.09. The van der Waals surface area contributed by atoms with E-state index in [1.165, 1.54) is 11.3 Å². The molecular weight excluding hydrogens is 434 g/mol. The van der Waals surface area contributed by atoms with E-state index in [0.717, 1.165) is 40.6 Å². The van der Waals surface area contributed by atoms with Gasteiger partial charge in [-0.05, 0) is 37.1 Å². The Morgan fingerprint density at radius 2 is 1.97 bits per heavy atom. The number of rotatable bonds is 4. The van der Waals surface area contributed by atoms with Gasteiger partial charge in [-0.25, -0.2) is 9.97 Å². The molecule has 0 bridgehead atoms. The number of aromatic nitrogens is 2. The lowest BCUT2D eigenvalue weighted by atomic mass is 9.96. The summed E-state index contributed by atoms with van der Waals surface area (Å²) in [4.78, 5) is 37.3. The van der Waals surface area contributed by atoms with Gasteiger partial charge in [-0.3, -0.25) is 9.59 Å². The number of thiazole rings is 1. The highest BCUT2D eigenvalue weighted by Gasteiger charge is 2.26. The molecule has 4 heterocycles. The van der Waals surface area contributed by atoms with Crippen LogP contribution in [0.2, 0.25) is 0 Å². The second-order valence-electron chi connectivity index (χ2n) is 7.52. The number of carbonyl (C=O) groups is 2. The number of oxazole rings is 1. The third-order valence-electron chi connectivity index (χ3n) is 5.44. The Morgan fingerprint density at radius 3 is 2.71 bits per heavy atom. The van der Waals surface area contributed by atoms with Crippen LogP contribution < -0.4 is 15.5 Å². The largest absolute Gasteiger partial charge is 0.441 e. The summed E-state index contributed by atoms with van der Waals surface area (Å²) in [5.74, 6) is 0.630. The van der Waals surface area contributed by atoms with Gasteiger partial charge >= 0.3 is 0 Å². The zero-order chi connectivity index (χ0) is 21.5. The van der Waals surface area contributed by atoms with Crippen LogP contribution in [0.15, 0.2) is 28.7 Å². The van der Waals surface area contributed by atoms with Crippen molar-refractivity contribution < 1.29 is 14.0 Å². The normalized spacial score (nSPS) is 15.0. The molecule has 1 saturated heterocycles. The molecule has 4 aromatic rings. The molecule has 2 amide bonds. The van der Waals surface area contributed by atoms with Crippen LogP contribution in [0, 0.1) is 12.8 Å². The van der Waals surface area contributed by atoms with Crippen LogP contribution in [0.4, 0.5) is 10.8 Å². The van der Waals surface area contributed by atoms with Crippen molar-refractivity contribution >= 4 is 65.9 Å². The third kappa shape index (κ3) is 3.88. The van der Waals surface area contributed by atoms with Crippen molar-refractivity contribution in [2.24, 2.45) is 5.92 Å². The molecular formula is C21H21N5O3S2. The number of thiophene rings is 1. The fraction of sp³-hybridized carbons (Fsp3) is 0.333. The van der Waals surface area contributed by atoms with Gasteiger partial charge in [-0.15, -0.1) is 11.3 Å². The average molecular weight is 456 g/mol. The highest BCUT2D eigenvalue weighted by molar-refractivity contribution is 7.29. The summed E-state index contributed by atoms with van der Waals surface area (Å²) in [6.07, 6.45) is 1.66. The fourth-order valence-corrected chi connectivity index (χ4v) is 5.98. The summed E-state index contributed by atoms with van der Waals surface area (Å²) in [7, 11) is 1.69. The molecule has 31 heavy (non-hydrogen) atoms. The van der Waals surface area contributed by atoms with Gasteiger partial charge in [0.15, 0.2) is 16.6 Å². The lowest BCUT2D eigenvalue weighted by Crippen LogP contribution is -2.39. The van der Waals surface area contributed by atoms with Gasteiger partial charge in [-0.1, -0.05) is 11.3 Å². The number of amides is 2. The van der Waals surface area contributed by atoms with E-state index in [1.54, 1.807) is 43.5 Å². The van der Waals surface area contributed by atoms with Gasteiger partial charge in [-0.2, -0.15) is 0 Å². The van der Waals surface area contributed by atoms with Gasteiger partial charge < -0.3 is 20.0 Å². The Kier molecular flexibility index (Phi) is 5.11. The first-order valence-electron chi connectivity index (χ1n) is 10.1. The molecule has 3 aromatic heterocycles. The SMILES string of the molecule is CNC(=O)C1CCN(c2nc3sc(C(=O)Nc4ccc5oc(C)nc5c4)cc3s2)CC1. The molecule has 0 spiro atoms. The molecule has 10 heteroatoms. The van der Waals surface area contributed by atoms with E-state index in [-0.39, 0.29) is 17.7 Å². The van der Waals surface area contributed by atoms with E-state index in [0.29, 0.717) is 27.6 Å². The molecule has 1 aliphatic heterocycles. The molecule has 0 saturated carbocycles. The van der Waals surface area contributed by atoms with Crippen molar-refractivity contribution in [3.63, 3.8) is 0 Å². The van der Waals surface area contributed by atoms with Gasteiger partial charge in [0, 0.05) is 38.7 Å². The van der Waals surface area contributed by atoms with Crippen LogP contribution in [0.1, 0.15) is 28.4 Å². The van der Waals surface area contributed by atoms with Crippen LogP contribution in [0.3, 0.4) is 0 Å². The summed E-state index contributed by atoms with van der Waals surface area (Å²) < 4.78 is 6.48. The number of nitrogens with one attached hydrogen (secondary N) is 2. The van der Waals surface area contributed by atoms with Gasteiger partial charge in [0.05, 0.1) is 9.58 Å². The number of anilines is 2. The monoisotopic (exact) mass is 455 g/mol. The Bertz CT molecular complexity index is 1250. The van der Waals surface area contributed by atoms with E-state index in [2.05, 4.69) is 20.5 Å². The zero-order valence-electron chi connectivity index (χ0n) is 17.1. The van der Waals surface area contributed by atoms with Crippen molar-refractivity contribution in [3.05, 3.63) is 35.0 Å². The fourth-order valence-electron chi connectivity index (χ4n) is 3.82. The second kappa shape index (κ2) is 7.93. The number of hydrogen-bond donors (Lipinski definition) is 2. The number of benzene rings is 1. The first-order chi connectivity index (χ1) is 15.0. The maximum atomic E-state index is 12.7. The lowest BCUT2D eigenvalue weighted by molar-refractivity contribution is -0.125. The number of piperidine rings is 1. The predicted octanol–water partition coefficient (Wildman–Crippen LogP) is 4.02. The smallest absolute Gasteiger partial charge is 0.265 e. The maximum Gasteiger partial charge on any atom is 0.265 e. The van der Waals surface area contributed by atoms with Crippen LogP contribution in [0.5, 0.6) is 0 Å². The summed E-state index contributed by atoms with van der Waals surface area (Å²) >= 11 is 2.98. The average Bonchev–Trinajstić information content (AvgIpc) is 3.45. The lowest BCUT2D eigenvalue weighted by Gasteiger charge is -2.30. The molecule has 160 valence electrons. The maximum absolute atomic E-state index is 12.7. The highest BCUT2D eigenvalue weighted by Crippen LogP contribution is 2.36. The molecule has 0 radical (unpaired) electrons. The molecule has 1 aliphatic rings. The van der Waals surface area contributed by atoms with Gasteiger partial charge in [0.25, 0.3) is 5.91 Å². The third-order valence-corrected chi connectivity index (χ3v) is 7.66. The van der Waals surface area contributed by atoms with E-state index in [9.17, 15) is 9.59 Å². The van der Waals surface area contributed by atoms with Crippen LogP contribution in [-0.4, -0.2) is 41.9 Å². The van der Waals surface area contributed by atoms with E-state index in [4.69, 9.17) is 9.40 Å². The van der Waals surface area contributed by atoms with E-state index < -0.39 is 0 Å². The van der Waals surface area contributed by atoms with Gasteiger partial charge in [0.1, 0.15) is 10.3 Å². The van der Waals surface area contributed by atoms with Crippen molar-refractivity contribution in [2.75, 3.05) is 30.4 Å². The van der Waals surface area contributed by atoms with Crippen LogP contribution >= 0.6 is 22.7 Å². The van der Waals surface area contributed by atoms with Crippen molar-refractivity contribution in [1.82, 2.24) is 15.3 Å². The predicted molar refractivity (Wildman–Crippen MR) is 123 cm³/mol. The molecule has 0 unspecified atom stereocenters. The van der Waals surface area contributed by atoms with Gasteiger partial charge in [0.2, 0.25) is 5.91 Å². The minimum Gasteiger partial charge on any atom is -0.441 e. The summed E-state index contributed by atoms with van der Waals surface area (Å²) in [6.45, 7) is 3.43. The first-order valence-corrected chi connectivity index (χ1v) is 11.7. The number of hydrogen-bond acceptors (Lipinski definition) is 8. The minimum absolute atomic E-state index is 0.0815. The molecule has 0 atom stereocenters. The Labute approximate surface area is 186 Å². The van der Waals surface area contributed by atoms with E-state index in [1.807, 2.05) is 6.07 Å². The minimum atomic E-state index is -0.164. The quantitative estimate of drug-likeness (QED) is 0.482.